The first-order valence-corrected chi connectivity index (χ1v) is 14.3. The van der Waals surface area contributed by atoms with Gasteiger partial charge in [-0.25, -0.2) is 19.2 Å². The van der Waals surface area contributed by atoms with E-state index < -0.39 is 30.0 Å². The van der Waals surface area contributed by atoms with Crippen LogP contribution in [0, 0.1) is 0 Å². The average molecular weight is 609 g/mol. The van der Waals surface area contributed by atoms with Crippen molar-refractivity contribution in [1.82, 2.24) is 0 Å². The molecule has 0 radical (unpaired) electrons. The summed E-state index contributed by atoms with van der Waals surface area (Å²) < 4.78 is 32.3. The van der Waals surface area contributed by atoms with Gasteiger partial charge < -0.3 is 28.4 Å². The number of esters is 4. The third-order valence-corrected chi connectivity index (χ3v) is 6.18. The molecule has 10 heteroatoms. The zero-order chi connectivity index (χ0) is 32.3. The largest absolute Gasteiger partial charge is 0.493 e. The predicted molar refractivity (Wildman–Crippen MR) is 164 cm³/mol. The molecule has 1 aliphatic carbocycles. The lowest BCUT2D eigenvalue weighted by Crippen LogP contribution is -2.17. The van der Waals surface area contributed by atoms with Crippen molar-refractivity contribution >= 4 is 23.9 Å². The molecule has 0 fully saturated rings. The Morgan fingerprint density at radius 2 is 1.57 bits per heavy atom. The van der Waals surface area contributed by atoms with Crippen molar-refractivity contribution in [2.75, 3.05) is 26.4 Å². The fourth-order valence-corrected chi connectivity index (χ4v) is 3.57. The highest BCUT2D eigenvalue weighted by atomic mass is 16.6. The molecule has 2 rings (SSSR count). The second-order valence-electron chi connectivity index (χ2n) is 9.50. The van der Waals surface area contributed by atoms with Crippen molar-refractivity contribution in [3.05, 3.63) is 102 Å². The van der Waals surface area contributed by atoms with Crippen LogP contribution in [0.1, 0.15) is 50.4 Å². The maximum atomic E-state index is 12.7. The van der Waals surface area contributed by atoms with Gasteiger partial charge in [0.15, 0.2) is 0 Å². The summed E-state index contributed by atoms with van der Waals surface area (Å²) in [5.41, 5.74) is 1.43. The molecule has 0 saturated carbocycles. The molecule has 10 nitrogen and oxygen atoms in total. The van der Waals surface area contributed by atoms with Gasteiger partial charge in [-0.05, 0) is 75.3 Å². The number of hydrogen-bond acceptors (Lipinski definition) is 10. The number of hydrogen-bond donors (Lipinski definition) is 0. The Bertz CT molecular complexity index is 1280. The molecule has 0 amide bonds. The number of carbonyl (C=O) groups excluding carboxylic acids is 4. The first-order valence-electron chi connectivity index (χ1n) is 14.3. The van der Waals surface area contributed by atoms with E-state index in [1.54, 1.807) is 75.4 Å². The first-order chi connectivity index (χ1) is 21.2. The van der Waals surface area contributed by atoms with Crippen LogP contribution in [-0.2, 0) is 38.1 Å². The molecule has 1 aliphatic rings. The number of carbonyl (C=O) groups is 4. The summed E-state index contributed by atoms with van der Waals surface area (Å²) in [4.78, 5) is 47.5. The van der Waals surface area contributed by atoms with Crippen molar-refractivity contribution in [3.8, 4) is 5.75 Å². The van der Waals surface area contributed by atoms with Crippen LogP contribution >= 0.6 is 0 Å². The summed E-state index contributed by atoms with van der Waals surface area (Å²) in [6.07, 6.45) is 11.5. The molecule has 2 unspecified atom stereocenters. The van der Waals surface area contributed by atoms with Crippen LogP contribution in [0.15, 0.2) is 96.9 Å². The molecule has 0 N–H and O–H groups in total. The fraction of sp³-hybridized carbons (Fsp3) is 0.353. The SMILES string of the molecule is C=CC(=O)OCCCOc1ccc(C(=O)OC(C)/C(C)=C\C(=C/C)OC(=O)C2=CCC(OCCCOC(=O)C=C)C=C2)cc1. The highest BCUT2D eigenvalue weighted by Crippen LogP contribution is 2.19. The van der Waals surface area contributed by atoms with E-state index in [4.69, 9.17) is 28.4 Å². The minimum absolute atomic E-state index is 0.190. The Morgan fingerprint density at radius 1 is 0.932 bits per heavy atom. The summed E-state index contributed by atoms with van der Waals surface area (Å²) in [5, 5.41) is 0. The number of ether oxygens (including phenoxy) is 6. The molecule has 0 heterocycles. The molecule has 0 aliphatic heterocycles. The van der Waals surface area contributed by atoms with Gasteiger partial charge in [0.2, 0.25) is 0 Å². The van der Waals surface area contributed by atoms with E-state index in [1.807, 2.05) is 0 Å². The van der Waals surface area contributed by atoms with Crippen LogP contribution in [0.2, 0.25) is 0 Å². The minimum Gasteiger partial charge on any atom is -0.493 e. The molecule has 0 saturated heterocycles. The Kier molecular flexibility index (Phi) is 15.7. The standard InChI is InChI=1S/C34H40O10/c1-6-28(44-34(38)27-13-17-30(18-14-27)40-20-10-22-42-32(36)8-3)23-24(4)25(5)43-33(37)26-11-15-29(16-12-26)39-19-9-21-41-31(35)7-2/h6-8,11-17,23,25,30H,2-3,9-10,18-22H2,1,4-5H3/b24-23-,28-6+. The molecule has 0 spiro atoms. The van der Waals surface area contributed by atoms with Gasteiger partial charge in [0.1, 0.15) is 17.6 Å². The molecular formula is C34H40O10. The average Bonchev–Trinajstić information content (AvgIpc) is 3.04. The summed E-state index contributed by atoms with van der Waals surface area (Å²) in [6, 6.07) is 6.51. The molecule has 0 aromatic heterocycles. The predicted octanol–water partition coefficient (Wildman–Crippen LogP) is 5.51. The van der Waals surface area contributed by atoms with Gasteiger partial charge >= 0.3 is 23.9 Å². The van der Waals surface area contributed by atoms with Crippen LogP contribution < -0.4 is 4.74 Å². The fourth-order valence-electron chi connectivity index (χ4n) is 3.57. The second-order valence-corrected chi connectivity index (χ2v) is 9.50. The molecule has 236 valence electrons. The molecular weight excluding hydrogens is 568 g/mol. The van der Waals surface area contributed by atoms with Gasteiger partial charge in [0, 0.05) is 25.0 Å². The quantitative estimate of drug-likeness (QED) is 0.0526. The maximum absolute atomic E-state index is 12.7. The summed E-state index contributed by atoms with van der Waals surface area (Å²) in [5.74, 6) is -1.10. The van der Waals surface area contributed by atoms with Crippen molar-refractivity contribution in [1.29, 1.82) is 0 Å². The number of allylic oxidation sites excluding steroid dienone is 2. The summed E-state index contributed by atoms with van der Waals surface area (Å²) in [7, 11) is 0. The zero-order valence-electron chi connectivity index (χ0n) is 25.5. The van der Waals surface area contributed by atoms with Gasteiger partial charge in [0.25, 0.3) is 0 Å². The number of benzene rings is 1. The van der Waals surface area contributed by atoms with E-state index in [-0.39, 0.29) is 19.3 Å². The van der Waals surface area contributed by atoms with Crippen molar-refractivity contribution in [3.63, 3.8) is 0 Å². The van der Waals surface area contributed by atoms with Crippen molar-refractivity contribution < 1.29 is 47.6 Å². The normalized spacial score (nSPS) is 15.3. The van der Waals surface area contributed by atoms with Crippen LogP contribution in [0.5, 0.6) is 5.75 Å². The molecule has 1 aromatic carbocycles. The Labute approximate surface area is 258 Å². The van der Waals surface area contributed by atoms with Crippen LogP contribution in [0.25, 0.3) is 0 Å². The Morgan fingerprint density at radius 3 is 2.14 bits per heavy atom. The minimum atomic E-state index is -0.586. The van der Waals surface area contributed by atoms with Gasteiger partial charge in [-0.1, -0.05) is 25.3 Å². The molecule has 44 heavy (non-hydrogen) atoms. The first kappa shape index (κ1) is 35.5. The Balaban J connectivity index is 1.78. The Hall–Kier alpha value is -4.70. The van der Waals surface area contributed by atoms with E-state index in [0.29, 0.717) is 60.7 Å². The highest BCUT2D eigenvalue weighted by Gasteiger charge is 2.18. The number of rotatable bonds is 18. The maximum Gasteiger partial charge on any atom is 0.343 e. The lowest BCUT2D eigenvalue weighted by molar-refractivity contribution is -0.139. The summed E-state index contributed by atoms with van der Waals surface area (Å²) >= 11 is 0. The van der Waals surface area contributed by atoms with E-state index >= 15 is 0 Å². The van der Waals surface area contributed by atoms with Crippen LogP contribution in [0.3, 0.4) is 0 Å². The van der Waals surface area contributed by atoms with Crippen molar-refractivity contribution in [2.45, 2.75) is 52.2 Å². The van der Waals surface area contributed by atoms with Gasteiger partial charge in [-0.3, -0.25) is 0 Å². The van der Waals surface area contributed by atoms with Crippen LogP contribution in [0.4, 0.5) is 0 Å². The third-order valence-electron chi connectivity index (χ3n) is 6.18. The van der Waals surface area contributed by atoms with E-state index in [0.717, 1.165) is 12.2 Å². The lowest BCUT2D eigenvalue weighted by atomic mass is 10.1. The van der Waals surface area contributed by atoms with E-state index in [9.17, 15) is 19.2 Å². The van der Waals surface area contributed by atoms with E-state index in [1.165, 1.54) is 0 Å². The van der Waals surface area contributed by atoms with E-state index in [2.05, 4.69) is 13.2 Å². The van der Waals surface area contributed by atoms with Crippen molar-refractivity contribution in [2.24, 2.45) is 0 Å². The monoisotopic (exact) mass is 608 g/mol. The molecule has 1 aromatic rings. The molecule has 0 bridgehead atoms. The van der Waals surface area contributed by atoms with Gasteiger partial charge in [-0.15, -0.1) is 0 Å². The second kappa shape index (κ2) is 19.5. The smallest absolute Gasteiger partial charge is 0.343 e. The summed E-state index contributed by atoms with van der Waals surface area (Å²) in [6.45, 7) is 13.1. The van der Waals surface area contributed by atoms with Crippen LogP contribution in [-0.4, -0.2) is 62.5 Å². The molecule has 2 atom stereocenters. The van der Waals surface area contributed by atoms with Gasteiger partial charge in [-0.2, -0.15) is 0 Å². The van der Waals surface area contributed by atoms with Gasteiger partial charge in [0.05, 0.1) is 43.7 Å². The highest BCUT2D eigenvalue weighted by molar-refractivity contribution is 5.92. The topological polar surface area (TPSA) is 124 Å². The lowest BCUT2D eigenvalue weighted by Gasteiger charge is -2.17. The third kappa shape index (κ3) is 13.1. The zero-order valence-corrected chi connectivity index (χ0v) is 25.5.